The fourth-order valence-corrected chi connectivity index (χ4v) is 2.65. The lowest BCUT2D eigenvalue weighted by molar-refractivity contribution is -0.137. The van der Waals surface area contributed by atoms with E-state index in [0.29, 0.717) is 19.4 Å². The van der Waals surface area contributed by atoms with Crippen LogP contribution < -0.4 is 5.32 Å². The Morgan fingerprint density at radius 2 is 1.89 bits per heavy atom. The highest BCUT2D eigenvalue weighted by atomic mass is 16.3. The van der Waals surface area contributed by atoms with Crippen LogP contribution in [0.25, 0.3) is 0 Å². The van der Waals surface area contributed by atoms with Gasteiger partial charge in [-0.1, -0.05) is 26.2 Å². The Morgan fingerprint density at radius 1 is 1.32 bits per heavy atom. The van der Waals surface area contributed by atoms with Crippen molar-refractivity contribution in [1.82, 2.24) is 10.2 Å². The zero-order valence-corrected chi connectivity index (χ0v) is 12.2. The molecule has 0 saturated heterocycles. The van der Waals surface area contributed by atoms with E-state index in [1.54, 1.807) is 25.9 Å². The van der Waals surface area contributed by atoms with Gasteiger partial charge in [-0.25, -0.2) is 0 Å². The SMILES string of the molecule is CNC(=O)C(C)CN(C)C(=O)CC1(O)CCCCC1. The molecule has 5 nitrogen and oxygen atoms in total. The largest absolute Gasteiger partial charge is 0.389 e. The van der Waals surface area contributed by atoms with Crippen LogP contribution in [0.3, 0.4) is 0 Å². The molecule has 2 N–H and O–H groups in total. The first-order valence-corrected chi connectivity index (χ1v) is 7.06. The summed E-state index contributed by atoms with van der Waals surface area (Å²) in [5.41, 5.74) is -0.833. The Hall–Kier alpha value is -1.10. The Kier molecular flexibility index (Phi) is 5.79. The van der Waals surface area contributed by atoms with Crippen LogP contribution in [-0.2, 0) is 9.59 Å². The number of carbonyl (C=O) groups is 2. The molecule has 1 saturated carbocycles. The van der Waals surface area contributed by atoms with Crippen molar-refractivity contribution in [3.63, 3.8) is 0 Å². The van der Waals surface area contributed by atoms with Crippen LogP contribution in [0.15, 0.2) is 0 Å². The molecule has 0 aromatic rings. The van der Waals surface area contributed by atoms with Gasteiger partial charge in [-0.05, 0) is 12.8 Å². The number of amides is 2. The first-order valence-electron chi connectivity index (χ1n) is 7.06. The molecule has 5 heteroatoms. The normalized spacial score (nSPS) is 19.6. The third kappa shape index (κ3) is 4.82. The monoisotopic (exact) mass is 270 g/mol. The molecule has 1 fully saturated rings. The van der Waals surface area contributed by atoms with E-state index in [2.05, 4.69) is 5.32 Å². The van der Waals surface area contributed by atoms with Gasteiger partial charge in [0.2, 0.25) is 11.8 Å². The highest BCUT2D eigenvalue weighted by Crippen LogP contribution is 2.31. The minimum absolute atomic E-state index is 0.0731. The first kappa shape index (κ1) is 16.0. The fourth-order valence-electron chi connectivity index (χ4n) is 2.65. The summed E-state index contributed by atoms with van der Waals surface area (Å²) in [5.74, 6) is -0.392. The summed E-state index contributed by atoms with van der Waals surface area (Å²) in [7, 11) is 3.28. The van der Waals surface area contributed by atoms with E-state index in [4.69, 9.17) is 0 Å². The number of aliphatic hydroxyl groups is 1. The fraction of sp³-hybridized carbons (Fsp3) is 0.857. The maximum Gasteiger partial charge on any atom is 0.225 e. The molecule has 0 aromatic carbocycles. The van der Waals surface area contributed by atoms with Crippen LogP contribution in [0.1, 0.15) is 45.4 Å². The molecule has 0 radical (unpaired) electrons. The van der Waals surface area contributed by atoms with Crippen molar-refractivity contribution in [3.8, 4) is 0 Å². The molecule has 0 aromatic heterocycles. The maximum atomic E-state index is 12.1. The number of nitrogens with zero attached hydrogens (tertiary/aromatic N) is 1. The standard InChI is InChI=1S/C14H26N2O3/c1-11(13(18)15-2)10-16(3)12(17)9-14(19)7-5-4-6-8-14/h11,19H,4-10H2,1-3H3,(H,15,18). The van der Waals surface area contributed by atoms with Crippen LogP contribution in [0, 0.1) is 5.92 Å². The van der Waals surface area contributed by atoms with Crippen LogP contribution in [-0.4, -0.2) is 48.1 Å². The third-order valence-corrected chi connectivity index (χ3v) is 3.93. The van der Waals surface area contributed by atoms with Gasteiger partial charge >= 0.3 is 0 Å². The predicted molar refractivity (Wildman–Crippen MR) is 73.5 cm³/mol. The van der Waals surface area contributed by atoms with Gasteiger partial charge in [-0.3, -0.25) is 9.59 Å². The molecule has 0 heterocycles. The predicted octanol–water partition coefficient (Wildman–Crippen LogP) is 0.912. The van der Waals surface area contributed by atoms with Crippen molar-refractivity contribution >= 4 is 11.8 Å². The molecular weight excluding hydrogens is 244 g/mol. The van der Waals surface area contributed by atoms with E-state index >= 15 is 0 Å². The molecule has 110 valence electrons. The van der Waals surface area contributed by atoms with Crippen molar-refractivity contribution in [1.29, 1.82) is 0 Å². The van der Waals surface area contributed by atoms with Gasteiger partial charge in [0.15, 0.2) is 0 Å². The smallest absolute Gasteiger partial charge is 0.225 e. The van der Waals surface area contributed by atoms with Gasteiger partial charge in [0.05, 0.1) is 17.9 Å². The number of nitrogens with one attached hydrogen (secondary N) is 1. The second kappa shape index (κ2) is 6.89. The zero-order valence-electron chi connectivity index (χ0n) is 12.2. The second-order valence-corrected chi connectivity index (χ2v) is 5.75. The molecule has 1 atom stereocenters. The molecule has 2 amide bonds. The van der Waals surface area contributed by atoms with Crippen LogP contribution in [0.4, 0.5) is 0 Å². The Bertz CT molecular complexity index is 325. The molecule has 1 aliphatic rings. The van der Waals surface area contributed by atoms with Gasteiger partial charge in [0.25, 0.3) is 0 Å². The molecule has 1 aliphatic carbocycles. The molecule has 0 spiro atoms. The van der Waals surface area contributed by atoms with E-state index in [1.165, 1.54) is 0 Å². The second-order valence-electron chi connectivity index (χ2n) is 5.75. The highest BCUT2D eigenvalue weighted by molar-refractivity contribution is 5.80. The number of hydrogen-bond donors (Lipinski definition) is 2. The Balaban J connectivity index is 2.46. The van der Waals surface area contributed by atoms with Crippen molar-refractivity contribution in [2.24, 2.45) is 5.92 Å². The van der Waals surface area contributed by atoms with E-state index in [-0.39, 0.29) is 24.2 Å². The lowest BCUT2D eigenvalue weighted by atomic mass is 9.82. The average molecular weight is 270 g/mol. The van der Waals surface area contributed by atoms with Gasteiger partial charge in [-0.15, -0.1) is 0 Å². The summed E-state index contributed by atoms with van der Waals surface area (Å²) in [6.45, 7) is 2.17. The molecule has 0 aliphatic heterocycles. The number of carbonyl (C=O) groups excluding carboxylic acids is 2. The number of rotatable bonds is 5. The quantitative estimate of drug-likeness (QED) is 0.780. The summed E-state index contributed by atoms with van der Waals surface area (Å²) < 4.78 is 0. The maximum absolute atomic E-state index is 12.1. The molecular formula is C14H26N2O3. The van der Waals surface area contributed by atoms with Crippen molar-refractivity contribution < 1.29 is 14.7 Å². The number of hydrogen-bond acceptors (Lipinski definition) is 3. The van der Waals surface area contributed by atoms with Crippen molar-refractivity contribution in [2.45, 2.75) is 51.0 Å². The zero-order chi connectivity index (χ0) is 14.5. The molecule has 1 unspecified atom stereocenters. The van der Waals surface area contributed by atoms with E-state index in [1.807, 2.05) is 0 Å². The molecule has 19 heavy (non-hydrogen) atoms. The van der Waals surface area contributed by atoms with Crippen molar-refractivity contribution in [3.05, 3.63) is 0 Å². The highest BCUT2D eigenvalue weighted by Gasteiger charge is 2.33. The summed E-state index contributed by atoms with van der Waals surface area (Å²) in [4.78, 5) is 25.1. The topological polar surface area (TPSA) is 69.6 Å². The van der Waals surface area contributed by atoms with E-state index < -0.39 is 5.60 Å². The van der Waals surface area contributed by atoms with Crippen LogP contribution in [0.2, 0.25) is 0 Å². The summed E-state index contributed by atoms with van der Waals surface area (Å²) >= 11 is 0. The minimum atomic E-state index is -0.833. The van der Waals surface area contributed by atoms with Crippen LogP contribution >= 0.6 is 0 Å². The van der Waals surface area contributed by atoms with E-state index in [9.17, 15) is 14.7 Å². The van der Waals surface area contributed by atoms with Gasteiger partial charge in [-0.2, -0.15) is 0 Å². The Labute approximate surface area is 115 Å². The van der Waals surface area contributed by atoms with Gasteiger partial charge < -0.3 is 15.3 Å². The van der Waals surface area contributed by atoms with Gasteiger partial charge in [0, 0.05) is 20.6 Å². The van der Waals surface area contributed by atoms with Crippen LogP contribution in [0.5, 0.6) is 0 Å². The van der Waals surface area contributed by atoms with Gasteiger partial charge in [0.1, 0.15) is 0 Å². The summed E-state index contributed by atoms with van der Waals surface area (Å²) in [6.07, 6.45) is 4.70. The summed E-state index contributed by atoms with van der Waals surface area (Å²) in [6, 6.07) is 0. The lowest BCUT2D eigenvalue weighted by Crippen LogP contribution is -2.42. The lowest BCUT2D eigenvalue weighted by Gasteiger charge is -2.33. The Morgan fingerprint density at radius 3 is 2.42 bits per heavy atom. The average Bonchev–Trinajstić information content (AvgIpc) is 2.37. The third-order valence-electron chi connectivity index (χ3n) is 3.93. The molecule has 0 bridgehead atoms. The minimum Gasteiger partial charge on any atom is -0.389 e. The first-order chi connectivity index (χ1) is 8.88. The van der Waals surface area contributed by atoms with Crippen molar-refractivity contribution in [2.75, 3.05) is 20.6 Å². The summed E-state index contributed by atoms with van der Waals surface area (Å²) in [5, 5.41) is 12.9. The molecule has 1 rings (SSSR count). The van der Waals surface area contributed by atoms with E-state index in [0.717, 1.165) is 19.3 Å².